The third-order valence-corrected chi connectivity index (χ3v) is 1.46. The van der Waals surface area contributed by atoms with Gasteiger partial charge in [-0.05, 0) is 21.6 Å². The van der Waals surface area contributed by atoms with Crippen molar-refractivity contribution in [1.29, 1.82) is 0 Å². The van der Waals surface area contributed by atoms with Crippen LogP contribution >= 0.6 is 0 Å². The highest BCUT2D eigenvalue weighted by Gasteiger charge is 1.61. The summed E-state index contributed by atoms with van der Waals surface area (Å²) in [6.07, 6.45) is 2.67. The Morgan fingerprint density at radius 2 is 1.22 bits per heavy atom. The Balaban J connectivity index is 3.00. The molecule has 0 aliphatic rings. The molecule has 1 aromatic heterocycles. The first kappa shape index (κ1) is 13.3. The molecule has 0 saturated heterocycles. The number of nitrogens with zero attached hydrogens (tertiary/aromatic N) is 2. The molecule has 0 aliphatic heterocycles. The van der Waals surface area contributed by atoms with E-state index < -0.39 is 0 Å². The molecular formula is C12H12N2O4. The maximum Gasteiger partial charge on any atom is 0.147 e. The van der Waals surface area contributed by atoms with Gasteiger partial charge >= 0.3 is 0 Å². The quantitative estimate of drug-likeness (QED) is 0.655. The maximum atomic E-state index is 4.43. The van der Waals surface area contributed by atoms with E-state index in [-0.39, 0.29) is 0 Å². The van der Waals surface area contributed by atoms with Crippen molar-refractivity contribution in [2.24, 2.45) is 0 Å². The minimum absolute atomic E-state index is 1.26. The summed E-state index contributed by atoms with van der Waals surface area (Å²) in [6.45, 7) is 0. The molecule has 0 saturated carbocycles. The van der Waals surface area contributed by atoms with Crippen LogP contribution in [0.15, 0.2) is 91.9 Å². The van der Waals surface area contributed by atoms with Crippen LogP contribution in [0.25, 0.3) is 0 Å². The molecule has 1 aromatic rings. The molecule has 0 aliphatic carbocycles. The molecular weight excluding hydrogens is 236 g/mol. The van der Waals surface area contributed by atoms with Gasteiger partial charge in [0.1, 0.15) is 6.26 Å². The fourth-order valence-electron chi connectivity index (χ4n) is 0.790. The Labute approximate surface area is 103 Å². The Bertz CT molecular complexity index is 313. The van der Waals surface area contributed by atoms with E-state index in [2.05, 4.69) is 29.1 Å². The summed E-state index contributed by atoms with van der Waals surface area (Å²) < 4.78 is 16.7. The molecule has 18 heavy (non-hydrogen) atoms. The van der Waals surface area contributed by atoms with Crippen molar-refractivity contribution >= 4 is 0 Å². The number of aromatic nitrogens is 2. The molecule has 0 spiro atoms. The van der Waals surface area contributed by atoms with Gasteiger partial charge in [-0.3, -0.25) is 4.58 Å². The van der Waals surface area contributed by atoms with Crippen LogP contribution < -0.4 is 0 Å². The first-order chi connectivity index (χ1) is 9.00. The number of rotatable bonds is 0. The van der Waals surface area contributed by atoms with Gasteiger partial charge in [0.05, 0.1) is 11.5 Å². The van der Waals surface area contributed by atoms with Crippen LogP contribution in [-0.4, -0.2) is 10.4 Å². The van der Waals surface area contributed by atoms with Crippen LogP contribution in [0.2, 0.25) is 0 Å². The van der Waals surface area contributed by atoms with Gasteiger partial charge in [0.15, 0.2) is 0 Å². The van der Waals surface area contributed by atoms with Crippen molar-refractivity contribution in [3.63, 3.8) is 0 Å². The molecule has 94 valence electrons. The third-order valence-electron chi connectivity index (χ3n) is 1.46. The Morgan fingerprint density at radius 3 is 1.94 bits per heavy atom. The van der Waals surface area contributed by atoms with E-state index in [0.29, 0.717) is 0 Å². The van der Waals surface area contributed by atoms with Gasteiger partial charge < -0.3 is 0 Å². The van der Waals surface area contributed by atoms with Crippen LogP contribution in [0, 0.1) is 0 Å². The second kappa shape index (κ2) is 10.7. The molecule has 0 unspecified atom stereocenters. The van der Waals surface area contributed by atoms with Crippen molar-refractivity contribution < 1.29 is 18.7 Å². The molecule has 6 nitrogen and oxygen atoms in total. The minimum atomic E-state index is 1.26. The fourth-order valence-corrected chi connectivity index (χ4v) is 0.790. The molecule has 1 rings (SSSR count). The van der Waals surface area contributed by atoms with Crippen LogP contribution in [0.3, 0.4) is 0 Å². The van der Waals surface area contributed by atoms with Crippen molar-refractivity contribution in [3.05, 3.63) is 73.1 Å². The number of hydrogen-bond acceptors (Lipinski definition) is 6. The molecule has 0 bridgehead atoms. The van der Waals surface area contributed by atoms with Crippen LogP contribution in [0.5, 0.6) is 0 Å². The normalized spacial score (nSPS) is 8.00. The van der Waals surface area contributed by atoms with Gasteiger partial charge in [0.25, 0.3) is 0 Å². The highest BCUT2D eigenvalue weighted by atomic mass is 17.4. The van der Waals surface area contributed by atoms with Gasteiger partial charge in [-0.1, -0.05) is 48.5 Å². The monoisotopic (exact) mass is 248 g/mol. The molecule has 0 atom stereocenters. The molecule has 0 radical (unpaired) electrons. The Morgan fingerprint density at radius 1 is 0.611 bits per heavy atom. The minimum Gasteiger partial charge on any atom is -0.257 e. The summed E-state index contributed by atoms with van der Waals surface area (Å²) >= 11 is 0. The van der Waals surface area contributed by atoms with Crippen molar-refractivity contribution in [1.82, 2.24) is 10.4 Å². The highest BCUT2D eigenvalue weighted by molar-refractivity contribution is 4.95. The zero-order valence-electron chi connectivity index (χ0n) is 9.46. The van der Waals surface area contributed by atoms with E-state index in [1.54, 1.807) is 24.3 Å². The van der Waals surface area contributed by atoms with Crippen LogP contribution in [-0.2, 0) is 0 Å². The lowest BCUT2D eigenvalue weighted by atomic mass is 10.4. The summed E-state index contributed by atoms with van der Waals surface area (Å²) in [4.78, 5) is 0. The molecule has 0 amide bonds. The molecule has 0 aromatic carbocycles. The van der Waals surface area contributed by atoms with Crippen molar-refractivity contribution in [3.8, 4) is 0 Å². The zero-order valence-corrected chi connectivity index (χ0v) is 9.46. The summed E-state index contributed by atoms with van der Waals surface area (Å²) in [5.41, 5.74) is 0. The zero-order chi connectivity index (χ0) is 12.7. The predicted molar refractivity (Wildman–Crippen MR) is 61.6 cm³/mol. The predicted octanol–water partition coefficient (Wildman–Crippen LogP) is 3.35. The lowest BCUT2D eigenvalue weighted by Gasteiger charge is -1.68. The summed E-state index contributed by atoms with van der Waals surface area (Å²) in [5.74, 6) is 0. The Kier molecular flexibility index (Phi) is 7.94. The van der Waals surface area contributed by atoms with E-state index in [4.69, 9.17) is 0 Å². The standard InChI is InChI=1S/C12H12N2O4/c1-2-4-6-8-10-12-15-17-18-16-14-13-11-9-7-5-3-1/h1-12H. The van der Waals surface area contributed by atoms with Crippen LogP contribution in [0.1, 0.15) is 0 Å². The highest BCUT2D eigenvalue weighted by Crippen LogP contribution is 1.78. The number of hydrogen-bond donors (Lipinski definition) is 0. The lowest BCUT2D eigenvalue weighted by Crippen LogP contribution is -1.65. The largest absolute Gasteiger partial charge is 0.257 e. The molecule has 0 fully saturated rings. The molecule has 6 heteroatoms. The lowest BCUT2D eigenvalue weighted by molar-refractivity contribution is -0.316. The van der Waals surface area contributed by atoms with E-state index in [0.717, 1.165) is 0 Å². The van der Waals surface area contributed by atoms with Gasteiger partial charge in [0, 0.05) is 0 Å². The van der Waals surface area contributed by atoms with Gasteiger partial charge in [-0.2, -0.15) is 0 Å². The van der Waals surface area contributed by atoms with Crippen molar-refractivity contribution in [2.75, 3.05) is 0 Å². The van der Waals surface area contributed by atoms with Crippen molar-refractivity contribution in [2.45, 2.75) is 0 Å². The average Bonchev–Trinajstić information content (AvgIpc) is 2.39. The van der Waals surface area contributed by atoms with Crippen LogP contribution in [0.4, 0.5) is 0 Å². The smallest absolute Gasteiger partial charge is 0.147 e. The van der Waals surface area contributed by atoms with Gasteiger partial charge in [0.2, 0.25) is 0 Å². The summed E-state index contributed by atoms with van der Waals surface area (Å²) in [5, 5.41) is 6.62. The second-order valence-corrected chi connectivity index (χ2v) is 2.71. The van der Waals surface area contributed by atoms with E-state index >= 15 is 0 Å². The van der Waals surface area contributed by atoms with Gasteiger partial charge in [-0.15, -0.1) is 9.78 Å². The van der Waals surface area contributed by atoms with E-state index in [9.17, 15) is 0 Å². The average molecular weight is 248 g/mol. The molecule has 0 N–H and O–H groups in total. The van der Waals surface area contributed by atoms with E-state index in [1.165, 1.54) is 12.5 Å². The first-order valence-corrected chi connectivity index (χ1v) is 5.04. The van der Waals surface area contributed by atoms with E-state index in [1.807, 2.05) is 36.4 Å². The third kappa shape index (κ3) is 8.54. The van der Waals surface area contributed by atoms with Gasteiger partial charge in [-0.25, -0.2) is 0 Å². The summed E-state index contributed by atoms with van der Waals surface area (Å²) in [6, 6.07) is 18.0. The second-order valence-electron chi connectivity index (χ2n) is 2.71. The molecule has 1 heterocycles. The summed E-state index contributed by atoms with van der Waals surface area (Å²) in [7, 11) is 0. The Hall–Kier alpha value is -2.76. The topological polar surface area (TPSA) is 78.3 Å². The fraction of sp³-hybridized carbons (Fsp3) is 0. The maximum absolute atomic E-state index is 4.43. The SMILES string of the molecule is c1ccccccoooonnccccc1. The first-order valence-electron chi connectivity index (χ1n) is 5.04.